The molecule has 2 aromatic rings. The molecule has 0 N–H and O–H groups in total. The zero-order valence-corrected chi connectivity index (χ0v) is 13.0. The van der Waals surface area contributed by atoms with E-state index in [1.54, 1.807) is 19.1 Å². The molecule has 4 heteroatoms. The second kappa shape index (κ2) is 5.37. The molecule has 106 valence electrons. The van der Waals surface area contributed by atoms with Gasteiger partial charge < -0.3 is 0 Å². The van der Waals surface area contributed by atoms with Crippen molar-refractivity contribution in [2.75, 3.05) is 0 Å². The fourth-order valence-corrected chi connectivity index (χ4v) is 3.72. The molecule has 1 heterocycles. The van der Waals surface area contributed by atoms with Gasteiger partial charge in [0.05, 0.1) is 5.25 Å². The summed E-state index contributed by atoms with van der Waals surface area (Å²) in [6, 6.07) is 9.30. The number of hydrogen-bond acceptors (Lipinski definition) is 3. The Bertz CT molecular complexity index is 736. The predicted molar refractivity (Wildman–Crippen MR) is 80.5 cm³/mol. The van der Waals surface area contributed by atoms with E-state index >= 15 is 0 Å². The number of rotatable bonds is 3. The highest BCUT2D eigenvalue weighted by Gasteiger charge is 2.27. The Balaban J connectivity index is 2.51. The Morgan fingerprint density at radius 2 is 1.65 bits per heavy atom. The summed E-state index contributed by atoms with van der Waals surface area (Å²) < 4.78 is 25.4. The average Bonchev–Trinajstić information content (AvgIpc) is 2.40. The Morgan fingerprint density at radius 3 is 2.30 bits per heavy atom. The van der Waals surface area contributed by atoms with Crippen LogP contribution in [-0.2, 0) is 9.84 Å². The minimum absolute atomic E-state index is 0.144. The van der Waals surface area contributed by atoms with E-state index in [1.807, 2.05) is 39.0 Å². The summed E-state index contributed by atoms with van der Waals surface area (Å²) in [5, 5.41) is -0.456. The summed E-state index contributed by atoms with van der Waals surface area (Å²) in [7, 11) is -3.46. The smallest absolute Gasteiger partial charge is 0.202 e. The summed E-state index contributed by atoms with van der Waals surface area (Å²) in [5.41, 5.74) is 3.78. The molecule has 0 fully saturated rings. The Hall–Kier alpha value is -1.68. The number of nitrogens with zero attached hydrogens (tertiary/aromatic N) is 1. The minimum Gasteiger partial charge on any atom is -0.245 e. The summed E-state index contributed by atoms with van der Waals surface area (Å²) >= 11 is 0. The molecule has 0 amide bonds. The molecule has 2 rings (SSSR count). The van der Waals surface area contributed by atoms with Gasteiger partial charge in [-0.3, -0.25) is 0 Å². The third kappa shape index (κ3) is 2.75. The van der Waals surface area contributed by atoms with E-state index in [1.165, 1.54) is 6.20 Å². The predicted octanol–water partition coefficient (Wildman–Crippen LogP) is 3.54. The largest absolute Gasteiger partial charge is 0.245 e. The van der Waals surface area contributed by atoms with Gasteiger partial charge in [0.15, 0.2) is 5.03 Å². The summed E-state index contributed by atoms with van der Waals surface area (Å²) in [6.45, 7) is 7.49. The van der Waals surface area contributed by atoms with E-state index in [2.05, 4.69) is 4.98 Å². The van der Waals surface area contributed by atoms with Crippen LogP contribution in [0.5, 0.6) is 0 Å². The number of aryl methyl sites for hydroxylation is 3. The Kier molecular flexibility index (Phi) is 3.95. The second-order valence-electron chi connectivity index (χ2n) is 5.22. The van der Waals surface area contributed by atoms with Gasteiger partial charge in [0.1, 0.15) is 0 Å². The summed E-state index contributed by atoms with van der Waals surface area (Å²) in [5.74, 6) is 0. The van der Waals surface area contributed by atoms with Crippen LogP contribution < -0.4 is 0 Å². The molecule has 0 bridgehead atoms. The molecule has 1 atom stereocenters. The first-order valence-electron chi connectivity index (χ1n) is 6.56. The molecule has 0 radical (unpaired) electrons. The molecule has 1 unspecified atom stereocenters. The van der Waals surface area contributed by atoms with E-state index in [0.29, 0.717) is 0 Å². The van der Waals surface area contributed by atoms with Gasteiger partial charge in [-0.15, -0.1) is 0 Å². The normalized spacial score (nSPS) is 13.2. The monoisotopic (exact) mass is 289 g/mol. The molecule has 0 aliphatic rings. The molecule has 0 aliphatic heterocycles. The fraction of sp³-hybridized carbons (Fsp3) is 0.312. The highest BCUT2D eigenvalue weighted by Crippen LogP contribution is 2.30. The molecule has 3 nitrogen and oxygen atoms in total. The zero-order chi connectivity index (χ0) is 14.9. The van der Waals surface area contributed by atoms with Gasteiger partial charge in [-0.2, -0.15) is 0 Å². The fourth-order valence-electron chi connectivity index (χ4n) is 2.21. The van der Waals surface area contributed by atoms with Crippen molar-refractivity contribution in [2.45, 2.75) is 38.0 Å². The van der Waals surface area contributed by atoms with Crippen molar-refractivity contribution in [3.63, 3.8) is 0 Å². The van der Waals surface area contributed by atoms with Crippen LogP contribution in [0, 0.1) is 20.8 Å². The van der Waals surface area contributed by atoms with Gasteiger partial charge in [0.2, 0.25) is 9.84 Å². The Labute approximate surface area is 120 Å². The van der Waals surface area contributed by atoms with E-state index in [4.69, 9.17) is 0 Å². The van der Waals surface area contributed by atoms with Gasteiger partial charge in [-0.25, -0.2) is 13.4 Å². The topological polar surface area (TPSA) is 47.0 Å². The van der Waals surface area contributed by atoms with Crippen LogP contribution in [0.3, 0.4) is 0 Å². The lowest BCUT2D eigenvalue weighted by molar-refractivity contribution is 0.582. The zero-order valence-electron chi connectivity index (χ0n) is 12.2. The van der Waals surface area contributed by atoms with Crippen molar-refractivity contribution in [1.29, 1.82) is 0 Å². The highest BCUT2D eigenvalue weighted by atomic mass is 32.2. The van der Waals surface area contributed by atoms with Gasteiger partial charge in [0.25, 0.3) is 0 Å². The third-order valence-electron chi connectivity index (χ3n) is 3.52. The Morgan fingerprint density at radius 1 is 1.00 bits per heavy atom. The number of pyridine rings is 1. The van der Waals surface area contributed by atoms with Crippen LogP contribution in [0.15, 0.2) is 41.6 Å². The minimum atomic E-state index is -3.46. The molecular formula is C16H19NO2S. The van der Waals surface area contributed by atoms with Gasteiger partial charge in [0, 0.05) is 6.20 Å². The van der Waals surface area contributed by atoms with Crippen LogP contribution in [0.2, 0.25) is 0 Å². The summed E-state index contributed by atoms with van der Waals surface area (Å²) in [4.78, 5) is 4.02. The van der Waals surface area contributed by atoms with Crippen molar-refractivity contribution in [3.05, 3.63) is 58.8 Å². The molecule has 1 aromatic heterocycles. The van der Waals surface area contributed by atoms with Crippen molar-refractivity contribution in [1.82, 2.24) is 4.98 Å². The number of hydrogen-bond donors (Lipinski definition) is 0. The quantitative estimate of drug-likeness (QED) is 0.868. The van der Waals surface area contributed by atoms with Crippen LogP contribution in [-0.4, -0.2) is 13.4 Å². The molecule has 0 spiro atoms. The summed E-state index contributed by atoms with van der Waals surface area (Å²) in [6.07, 6.45) is 1.54. The van der Waals surface area contributed by atoms with Crippen molar-refractivity contribution < 1.29 is 8.42 Å². The highest BCUT2D eigenvalue weighted by molar-refractivity contribution is 7.91. The van der Waals surface area contributed by atoms with E-state index in [0.717, 1.165) is 22.3 Å². The molecule has 0 aliphatic carbocycles. The molecule has 20 heavy (non-hydrogen) atoms. The first-order chi connectivity index (χ1) is 9.32. The SMILES string of the molecule is Cc1ccnc(S(=O)(=O)C(C)c2cc(C)ccc2C)c1. The van der Waals surface area contributed by atoms with Crippen molar-refractivity contribution in [2.24, 2.45) is 0 Å². The number of sulfone groups is 1. The van der Waals surface area contributed by atoms with Gasteiger partial charge >= 0.3 is 0 Å². The molecule has 0 saturated carbocycles. The first kappa shape index (κ1) is 14.7. The third-order valence-corrected chi connectivity index (χ3v) is 5.51. The van der Waals surface area contributed by atoms with Crippen LogP contribution in [0.1, 0.15) is 34.4 Å². The van der Waals surface area contributed by atoms with Crippen LogP contribution >= 0.6 is 0 Å². The number of benzene rings is 1. The van der Waals surface area contributed by atoms with Crippen LogP contribution in [0.4, 0.5) is 0 Å². The van der Waals surface area contributed by atoms with Crippen molar-refractivity contribution in [3.8, 4) is 0 Å². The average molecular weight is 289 g/mol. The lowest BCUT2D eigenvalue weighted by Gasteiger charge is -2.16. The lowest BCUT2D eigenvalue weighted by Crippen LogP contribution is -2.13. The van der Waals surface area contributed by atoms with Gasteiger partial charge in [-0.1, -0.05) is 23.8 Å². The molecule has 1 aromatic carbocycles. The van der Waals surface area contributed by atoms with Crippen LogP contribution in [0.25, 0.3) is 0 Å². The molecule has 0 saturated heterocycles. The maximum atomic E-state index is 12.7. The molecular weight excluding hydrogens is 270 g/mol. The van der Waals surface area contributed by atoms with E-state index in [-0.39, 0.29) is 5.03 Å². The maximum absolute atomic E-state index is 12.7. The lowest BCUT2D eigenvalue weighted by atomic mass is 10.0. The second-order valence-corrected chi connectivity index (χ2v) is 7.43. The van der Waals surface area contributed by atoms with Crippen molar-refractivity contribution >= 4 is 9.84 Å². The number of aromatic nitrogens is 1. The van der Waals surface area contributed by atoms with E-state index < -0.39 is 15.1 Å². The first-order valence-corrected chi connectivity index (χ1v) is 8.10. The standard InChI is InChI=1S/C16H19NO2S/c1-11-5-6-13(3)15(9-11)14(4)20(18,19)16-10-12(2)7-8-17-16/h5-10,14H,1-4H3. The van der Waals surface area contributed by atoms with Gasteiger partial charge in [-0.05, 0) is 56.5 Å². The maximum Gasteiger partial charge on any atom is 0.202 e. The van der Waals surface area contributed by atoms with E-state index in [9.17, 15) is 8.42 Å².